The molecule has 2 aliphatic rings. The van der Waals surface area contributed by atoms with Crippen molar-refractivity contribution in [2.75, 3.05) is 25.9 Å². The third-order valence-corrected chi connectivity index (χ3v) is 5.07. The third kappa shape index (κ3) is 3.35. The number of amides is 4. The number of nitrogens with zero attached hydrogens (tertiary/aromatic N) is 1. The van der Waals surface area contributed by atoms with Gasteiger partial charge >= 0.3 is 6.03 Å². The van der Waals surface area contributed by atoms with Crippen LogP contribution in [0.2, 0.25) is 0 Å². The largest absolute Gasteiger partial charge is 0.493 e. The smallest absolute Gasteiger partial charge is 0.335 e. The Morgan fingerprint density at radius 1 is 1.07 bits per heavy atom. The number of imide groups is 2. The maximum Gasteiger partial charge on any atom is 0.335 e. The molecule has 0 unspecified atom stereocenters. The molecule has 1 N–H and O–H groups in total. The van der Waals surface area contributed by atoms with Gasteiger partial charge < -0.3 is 18.9 Å². The van der Waals surface area contributed by atoms with Crippen LogP contribution in [-0.2, 0) is 9.59 Å². The Balaban J connectivity index is 1.74. The average Bonchev–Trinajstić information content (AvgIpc) is 3.18. The number of nitrogens with one attached hydrogen (secondary N) is 1. The van der Waals surface area contributed by atoms with E-state index in [0.717, 1.165) is 4.90 Å². The molecule has 2 aliphatic heterocycles. The van der Waals surface area contributed by atoms with E-state index in [2.05, 4.69) is 21.2 Å². The molecule has 1 saturated heterocycles. The van der Waals surface area contributed by atoms with E-state index >= 15 is 0 Å². The number of carbonyl (C=O) groups excluding carboxylic acids is 3. The minimum Gasteiger partial charge on any atom is -0.493 e. The Hall–Kier alpha value is -3.53. The SMILES string of the molecule is COc1cc(/C=C2/C(=O)NC(=O)N(c3ccc4c(c3)OCO4)C2=O)cc(Br)c1OC. The molecular formula is C20H15BrN2O7. The van der Waals surface area contributed by atoms with Crippen molar-refractivity contribution in [1.82, 2.24) is 5.32 Å². The molecule has 2 aromatic carbocycles. The summed E-state index contributed by atoms with van der Waals surface area (Å²) in [4.78, 5) is 38.7. The summed E-state index contributed by atoms with van der Waals surface area (Å²) < 4.78 is 21.7. The van der Waals surface area contributed by atoms with E-state index in [1.807, 2.05) is 0 Å². The van der Waals surface area contributed by atoms with Gasteiger partial charge in [-0.2, -0.15) is 0 Å². The summed E-state index contributed by atoms with van der Waals surface area (Å²) in [5.74, 6) is 0.216. The zero-order chi connectivity index (χ0) is 21.4. The highest BCUT2D eigenvalue weighted by Gasteiger charge is 2.37. The van der Waals surface area contributed by atoms with E-state index < -0.39 is 17.8 Å². The van der Waals surface area contributed by atoms with Gasteiger partial charge in [-0.15, -0.1) is 0 Å². The lowest BCUT2D eigenvalue weighted by molar-refractivity contribution is -0.122. The number of benzene rings is 2. The van der Waals surface area contributed by atoms with E-state index in [0.29, 0.717) is 33.0 Å². The van der Waals surface area contributed by atoms with Gasteiger partial charge in [-0.1, -0.05) is 0 Å². The first kappa shape index (κ1) is 19.8. The number of hydrogen-bond acceptors (Lipinski definition) is 7. The van der Waals surface area contributed by atoms with E-state index in [9.17, 15) is 14.4 Å². The van der Waals surface area contributed by atoms with Gasteiger partial charge in [0.25, 0.3) is 11.8 Å². The van der Waals surface area contributed by atoms with Crippen molar-refractivity contribution in [3.63, 3.8) is 0 Å². The highest BCUT2D eigenvalue weighted by atomic mass is 79.9. The normalized spacial score (nSPS) is 16.7. The van der Waals surface area contributed by atoms with Crippen LogP contribution >= 0.6 is 15.9 Å². The summed E-state index contributed by atoms with van der Waals surface area (Å²) >= 11 is 3.37. The van der Waals surface area contributed by atoms with Gasteiger partial charge in [-0.3, -0.25) is 14.9 Å². The Bertz CT molecular complexity index is 1110. The van der Waals surface area contributed by atoms with Crippen molar-refractivity contribution in [2.24, 2.45) is 0 Å². The van der Waals surface area contributed by atoms with Crippen molar-refractivity contribution < 1.29 is 33.3 Å². The molecule has 154 valence electrons. The summed E-state index contributed by atoms with van der Waals surface area (Å²) in [5.41, 5.74) is 0.526. The molecule has 4 amide bonds. The highest BCUT2D eigenvalue weighted by molar-refractivity contribution is 9.10. The number of methoxy groups -OCH3 is 2. The molecular weight excluding hydrogens is 460 g/mol. The predicted molar refractivity (Wildman–Crippen MR) is 109 cm³/mol. The Labute approximate surface area is 179 Å². The maximum atomic E-state index is 13.1. The number of fused-ring (bicyclic) bond motifs is 1. The molecule has 10 heteroatoms. The van der Waals surface area contributed by atoms with Crippen molar-refractivity contribution in [1.29, 1.82) is 0 Å². The van der Waals surface area contributed by atoms with E-state index in [1.165, 1.54) is 32.4 Å². The predicted octanol–water partition coefficient (Wildman–Crippen LogP) is 2.86. The first-order valence-electron chi connectivity index (χ1n) is 8.65. The summed E-state index contributed by atoms with van der Waals surface area (Å²) in [6.45, 7) is 0.0523. The molecule has 0 spiro atoms. The summed E-state index contributed by atoms with van der Waals surface area (Å²) in [5, 5.41) is 2.18. The lowest BCUT2D eigenvalue weighted by Gasteiger charge is -2.26. The molecule has 0 saturated carbocycles. The number of urea groups is 1. The first-order chi connectivity index (χ1) is 14.4. The van der Waals surface area contributed by atoms with Crippen LogP contribution in [-0.4, -0.2) is 38.9 Å². The summed E-state index contributed by atoms with van der Waals surface area (Å²) in [6, 6.07) is 7.04. The van der Waals surface area contributed by atoms with Crippen molar-refractivity contribution in [3.8, 4) is 23.0 Å². The monoisotopic (exact) mass is 474 g/mol. The average molecular weight is 475 g/mol. The minimum absolute atomic E-state index is 0.0523. The number of halogens is 1. The van der Waals surface area contributed by atoms with Gasteiger partial charge in [0.1, 0.15) is 5.57 Å². The number of rotatable bonds is 4. The van der Waals surface area contributed by atoms with E-state index in [1.54, 1.807) is 18.2 Å². The summed E-state index contributed by atoms with van der Waals surface area (Å²) in [6.07, 6.45) is 1.37. The lowest BCUT2D eigenvalue weighted by Crippen LogP contribution is -2.54. The third-order valence-electron chi connectivity index (χ3n) is 4.48. The van der Waals surface area contributed by atoms with Crippen LogP contribution in [0.15, 0.2) is 40.4 Å². The van der Waals surface area contributed by atoms with Crippen LogP contribution < -0.4 is 29.2 Å². The standard InChI is InChI=1S/C20H15BrN2O7/c1-27-16-7-10(6-13(21)17(16)28-2)5-12-18(24)22-20(26)23(19(12)25)11-3-4-14-15(8-11)30-9-29-14/h3-8H,9H2,1-2H3,(H,22,24,26)/b12-5-. The quantitative estimate of drug-likeness (QED) is 0.536. The van der Waals surface area contributed by atoms with E-state index in [4.69, 9.17) is 18.9 Å². The van der Waals surface area contributed by atoms with Gasteiger partial charge in [0.05, 0.1) is 24.4 Å². The fraction of sp³-hybridized carbons (Fsp3) is 0.150. The number of anilines is 1. The molecule has 2 heterocycles. The van der Waals surface area contributed by atoms with Gasteiger partial charge in [0.2, 0.25) is 6.79 Å². The second-order valence-corrected chi connectivity index (χ2v) is 7.09. The van der Waals surface area contributed by atoms with Crippen LogP contribution in [0.5, 0.6) is 23.0 Å². The Morgan fingerprint density at radius 3 is 2.57 bits per heavy atom. The van der Waals surface area contributed by atoms with Crippen LogP contribution in [0.3, 0.4) is 0 Å². The number of carbonyl (C=O) groups is 3. The second kappa shape index (κ2) is 7.71. The number of barbiturate groups is 1. The molecule has 4 rings (SSSR count). The van der Waals surface area contributed by atoms with E-state index in [-0.39, 0.29) is 18.1 Å². The molecule has 0 atom stereocenters. The zero-order valence-corrected chi connectivity index (χ0v) is 17.4. The van der Waals surface area contributed by atoms with Gasteiger partial charge in [-0.25, -0.2) is 9.69 Å². The van der Waals surface area contributed by atoms with Crippen molar-refractivity contribution in [3.05, 3.63) is 45.9 Å². The van der Waals surface area contributed by atoms with Gasteiger partial charge in [0, 0.05) is 6.07 Å². The molecule has 0 radical (unpaired) electrons. The second-order valence-electron chi connectivity index (χ2n) is 6.23. The van der Waals surface area contributed by atoms with Crippen LogP contribution in [0.1, 0.15) is 5.56 Å². The van der Waals surface area contributed by atoms with Crippen LogP contribution in [0, 0.1) is 0 Å². The fourth-order valence-electron chi connectivity index (χ4n) is 3.10. The molecule has 2 aromatic rings. The number of ether oxygens (including phenoxy) is 4. The van der Waals surface area contributed by atoms with Crippen LogP contribution in [0.25, 0.3) is 6.08 Å². The molecule has 0 aromatic heterocycles. The molecule has 0 aliphatic carbocycles. The molecule has 30 heavy (non-hydrogen) atoms. The van der Waals surface area contributed by atoms with Gasteiger partial charge in [0.15, 0.2) is 23.0 Å². The number of hydrogen-bond donors (Lipinski definition) is 1. The molecule has 9 nitrogen and oxygen atoms in total. The Morgan fingerprint density at radius 2 is 1.83 bits per heavy atom. The minimum atomic E-state index is -0.852. The topological polar surface area (TPSA) is 103 Å². The fourth-order valence-corrected chi connectivity index (χ4v) is 3.73. The zero-order valence-electron chi connectivity index (χ0n) is 15.9. The maximum absolute atomic E-state index is 13.1. The first-order valence-corrected chi connectivity index (χ1v) is 9.45. The van der Waals surface area contributed by atoms with Crippen molar-refractivity contribution >= 4 is 45.5 Å². The highest BCUT2D eigenvalue weighted by Crippen LogP contribution is 2.38. The summed E-state index contributed by atoms with van der Waals surface area (Å²) in [7, 11) is 2.97. The molecule has 0 bridgehead atoms. The van der Waals surface area contributed by atoms with Gasteiger partial charge in [-0.05, 0) is 51.8 Å². The van der Waals surface area contributed by atoms with Crippen molar-refractivity contribution in [2.45, 2.75) is 0 Å². The lowest BCUT2D eigenvalue weighted by atomic mass is 10.1. The molecule has 1 fully saturated rings. The Kier molecular flexibility index (Phi) is 5.08. The van der Waals surface area contributed by atoms with Crippen LogP contribution in [0.4, 0.5) is 10.5 Å².